The third-order valence-electron chi connectivity index (χ3n) is 4.96. The summed E-state index contributed by atoms with van der Waals surface area (Å²) in [4.78, 5) is 0. The Bertz CT molecular complexity index is 605. The fraction of sp³-hybridized carbons (Fsp3) is 0.481. The molecule has 0 fully saturated rings. The second kappa shape index (κ2) is 13.4. The van der Waals surface area contributed by atoms with Gasteiger partial charge in [-0.25, -0.2) is 0 Å². The minimum Gasteiger partial charge on any atom is -0.0856 e. The van der Waals surface area contributed by atoms with Gasteiger partial charge in [0.15, 0.2) is 0 Å². The molecule has 0 heteroatoms. The van der Waals surface area contributed by atoms with Gasteiger partial charge in [0.1, 0.15) is 0 Å². The van der Waals surface area contributed by atoms with Crippen LogP contribution in [0.2, 0.25) is 0 Å². The van der Waals surface area contributed by atoms with Crippen molar-refractivity contribution in [3.63, 3.8) is 0 Å². The number of rotatable bonds is 11. The van der Waals surface area contributed by atoms with E-state index in [1.807, 2.05) is 0 Å². The Kier molecular flexibility index (Phi) is 11.5. The molecule has 0 aliphatic rings. The van der Waals surface area contributed by atoms with Crippen LogP contribution in [0.25, 0.3) is 0 Å². The Morgan fingerprint density at radius 3 is 1.52 bits per heavy atom. The smallest absolute Gasteiger partial charge is 0.00926 e. The van der Waals surface area contributed by atoms with Crippen LogP contribution in [0, 0.1) is 0 Å². The molecule has 0 amide bonds. The summed E-state index contributed by atoms with van der Waals surface area (Å²) in [6.45, 7) is 13.3. The number of hydrogen-bond acceptors (Lipinski definition) is 0. The van der Waals surface area contributed by atoms with Gasteiger partial charge in [-0.2, -0.15) is 0 Å². The van der Waals surface area contributed by atoms with Crippen molar-refractivity contribution in [1.82, 2.24) is 0 Å². The molecule has 0 radical (unpaired) electrons. The minimum atomic E-state index is 0.572. The highest BCUT2D eigenvalue weighted by molar-refractivity contribution is 5.22. The fourth-order valence-electron chi connectivity index (χ4n) is 3.16. The average molecular weight is 365 g/mol. The zero-order chi connectivity index (χ0) is 20.1. The van der Waals surface area contributed by atoms with E-state index in [1.165, 1.54) is 40.7 Å². The fourth-order valence-corrected chi connectivity index (χ4v) is 3.16. The van der Waals surface area contributed by atoms with Crippen LogP contribution < -0.4 is 0 Å². The molecule has 0 N–H and O–H groups in total. The Morgan fingerprint density at radius 1 is 0.667 bits per heavy atom. The van der Waals surface area contributed by atoms with Crippen molar-refractivity contribution in [2.75, 3.05) is 0 Å². The molecule has 0 heterocycles. The highest BCUT2D eigenvalue weighted by atomic mass is 14.1. The molecule has 1 rings (SSSR count). The van der Waals surface area contributed by atoms with Gasteiger partial charge in [0.2, 0.25) is 0 Å². The molecule has 1 aromatic carbocycles. The first-order valence-corrected chi connectivity index (χ1v) is 10.5. The Hall–Kier alpha value is -1.82. The van der Waals surface area contributed by atoms with E-state index in [9.17, 15) is 0 Å². The van der Waals surface area contributed by atoms with Crippen molar-refractivity contribution < 1.29 is 0 Å². The minimum absolute atomic E-state index is 0.572. The van der Waals surface area contributed by atoms with Crippen LogP contribution in [0.5, 0.6) is 0 Å². The molecule has 0 aromatic heterocycles. The standard InChI is InChI=1S/C27H40/c1-22(2)12-10-14-24(5)18-20-27(26-16-8-7-9-17-26)21-19-25(6)15-11-13-23(3)4/h7-9,12-13,16-19,27H,10-11,14-15,20-21H2,1-6H3/b24-18+,25-19+. The molecule has 0 nitrogen and oxygen atoms in total. The molecule has 27 heavy (non-hydrogen) atoms. The second-order valence-corrected chi connectivity index (χ2v) is 8.32. The number of hydrogen-bond donors (Lipinski definition) is 0. The predicted molar refractivity (Wildman–Crippen MR) is 123 cm³/mol. The largest absolute Gasteiger partial charge is 0.0856 e. The van der Waals surface area contributed by atoms with Gasteiger partial charge in [0.25, 0.3) is 0 Å². The number of benzene rings is 1. The molecular weight excluding hydrogens is 324 g/mol. The van der Waals surface area contributed by atoms with Gasteiger partial charge in [-0.15, -0.1) is 0 Å². The van der Waals surface area contributed by atoms with Crippen LogP contribution in [0.15, 0.2) is 76.9 Å². The van der Waals surface area contributed by atoms with Crippen LogP contribution >= 0.6 is 0 Å². The monoisotopic (exact) mass is 364 g/mol. The van der Waals surface area contributed by atoms with E-state index in [-0.39, 0.29) is 0 Å². The van der Waals surface area contributed by atoms with Crippen LogP contribution in [0.3, 0.4) is 0 Å². The van der Waals surface area contributed by atoms with Crippen LogP contribution in [-0.2, 0) is 0 Å². The van der Waals surface area contributed by atoms with Gasteiger partial charge in [-0.3, -0.25) is 0 Å². The summed E-state index contributed by atoms with van der Waals surface area (Å²) >= 11 is 0. The third-order valence-corrected chi connectivity index (χ3v) is 4.96. The van der Waals surface area contributed by atoms with Gasteiger partial charge in [0, 0.05) is 0 Å². The van der Waals surface area contributed by atoms with Crippen molar-refractivity contribution in [3.8, 4) is 0 Å². The van der Waals surface area contributed by atoms with Crippen LogP contribution in [0.1, 0.15) is 91.5 Å². The zero-order valence-electron chi connectivity index (χ0n) is 18.5. The number of allylic oxidation sites excluding steroid dienone is 8. The Balaban J connectivity index is 2.71. The highest BCUT2D eigenvalue weighted by Crippen LogP contribution is 2.26. The summed E-state index contributed by atoms with van der Waals surface area (Å²) in [5.41, 5.74) is 7.31. The maximum atomic E-state index is 2.46. The quantitative estimate of drug-likeness (QED) is 0.344. The molecule has 0 saturated heterocycles. The lowest BCUT2D eigenvalue weighted by Crippen LogP contribution is -1.97. The molecule has 0 bridgehead atoms. The van der Waals surface area contributed by atoms with Crippen LogP contribution in [-0.4, -0.2) is 0 Å². The molecule has 1 aromatic rings. The Morgan fingerprint density at radius 2 is 1.11 bits per heavy atom. The first-order valence-electron chi connectivity index (χ1n) is 10.5. The van der Waals surface area contributed by atoms with Crippen LogP contribution in [0.4, 0.5) is 0 Å². The maximum absolute atomic E-state index is 2.46. The molecule has 0 spiro atoms. The zero-order valence-corrected chi connectivity index (χ0v) is 18.5. The molecule has 0 atom stereocenters. The van der Waals surface area contributed by atoms with E-state index in [1.54, 1.807) is 0 Å². The first-order chi connectivity index (χ1) is 12.9. The molecule has 0 saturated carbocycles. The van der Waals surface area contributed by atoms with Crippen molar-refractivity contribution in [2.24, 2.45) is 0 Å². The topological polar surface area (TPSA) is 0 Å². The van der Waals surface area contributed by atoms with Gasteiger partial charge in [-0.1, -0.05) is 76.9 Å². The van der Waals surface area contributed by atoms with E-state index in [0.717, 1.165) is 25.7 Å². The lowest BCUT2D eigenvalue weighted by molar-refractivity contribution is 0.701. The molecule has 0 aliphatic carbocycles. The highest BCUT2D eigenvalue weighted by Gasteiger charge is 2.09. The predicted octanol–water partition coefficient (Wildman–Crippen LogP) is 8.94. The van der Waals surface area contributed by atoms with E-state index >= 15 is 0 Å². The normalized spacial score (nSPS) is 13.3. The molecular formula is C27H40. The first kappa shape index (κ1) is 23.2. The second-order valence-electron chi connectivity index (χ2n) is 8.32. The summed E-state index contributed by atoms with van der Waals surface area (Å²) in [5.74, 6) is 0.572. The summed E-state index contributed by atoms with van der Waals surface area (Å²) in [5, 5.41) is 0. The van der Waals surface area contributed by atoms with Crippen molar-refractivity contribution in [3.05, 3.63) is 82.5 Å². The van der Waals surface area contributed by atoms with E-state index < -0.39 is 0 Å². The van der Waals surface area contributed by atoms with Gasteiger partial charge >= 0.3 is 0 Å². The van der Waals surface area contributed by atoms with E-state index in [2.05, 4.69) is 96.2 Å². The average Bonchev–Trinajstić information content (AvgIpc) is 2.62. The van der Waals surface area contributed by atoms with Crippen molar-refractivity contribution >= 4 is 0 Å². The van der Waals surface area contributed by atoms with Crippen molar-refractivity contribution in [1.29, 1.82) is 0 Å². The molecule has 0 unspecified atom stereocenters. The van der Waals surface area contributed by atoms with Gasteiger partial charge in [0.05, 0.1) is 0 Å². The van der Waals surface area contributed by atoms with E-state index in [4.69, 9.17) is 0 Å². The Labute approximate surface area is 168 Å². The summed E-state index contributed by atoms with van der Waals surface area (Å²) in [7, 11) is 0. The maximum Gasteiger partial charge on any atom is -0.00926 e. The lowest BCUT2D eigenvalue weighted by atomic mass is 9.90. The van der Waals surface area contributed by atoms with Gasteiger partial charge < -0.3 is 0 Å². The third kappa shape index (κ3) is 11.5. The van der Waals surface area contributed by atoms with Crippen molar-refractivity contribution in [2.45, 2.75) is 86.0 Å². The molecule has 0 aliphatic heterocycles. The lowest BCUT2D eigenvalue weighted by Gasteiger charge is -2.15. The SMILES string of the molecule is CC(C)=CCC/C(C)=C/CC(C/C=C(\C)CCC=C(C)C)c1ccccc1. The molecule has 148 valence electrons. The van der Waals surface area contributed by atoms with E-state index in [0.29, 0.717) is 5.92 Å². The summed E-state index contributed by atoms with van der Waals surface area (Å²) in [6, 6.07) is 11.0. The summed E-state index contributed by atoms with van der Waals surface area (Å²) < 4.78 is 0. The summed E-state index contributed by atoms with van der Waals surface area (Å²) in [6.07, 6.45) is 16.5. The van der Waals surface area contributed by atoms with Gasteiger partial charge in [-0.05, 0) is 91.5 Å².